The number of nitrogens with zero attached hydrogens (tertiary/aromatic N) is 2. The number of thiazole rings is 2. The molecule has 0 aliphatic carbocycles. The molecule has 0 saturated carbocycles. The molecule has 4 N–H and O–H groups in total. The van der Waals surface area contributed by atoms with Crippen LogP contribution in [0.4, 0.5) is 0 Å². The summed E-state index contributed by atoms with van der Waals surface area (Å²) >= 11 is 5.48. The average Bonchev–Trinajstić information content (AvgIpc) is 3.73. The van der Waals surface area contributed by atoms with Gasteiger partial charge in [0.25, 0.3) is 11.8 Å². The summed E-state index contributed by atoms with van der Waals surface area (Å²) in [6.07, 6.45) is 0. The fourth-order valence-corrected chi connectivity index (χ4v) is 8.45. The third-order valence-electron chi connectivity index (χ3n) is 6.95. The minimum Gasteiger partial charge on any atom is -0.494 e. The molecule has 0 saturated heterocycles. The van der Waals surface area contributed by atoms with Gasteiger partial charge in [-0.2, -0.15) is 0 Å². The predicted molar refractivity (Wildman–Crippen MR) is 198 cm³/mol. The minimum atomic E-state index is -0.489. The van der Waals surface area contributed by atoms with Crippen molar-refractivity contribution in [2.75, 3.05) is 24.7 Å². The van der Waals surface area contributed by atoms with E-state index in [9.17, 15) is 19.2 Å². The molecule has 0 unspecified atom stereocenters. The number of nitrogens with one attached hydrogen (secondary N) is 4. The zero-order chi connectivity index (χ0) is 35.0. The molecule has 2 aromatic heterocycles. The van der Waals surface area contributed by atoms with Crippen LogP contribution in [0.2, 0.25) is 0 Å². The van der Waals surface area contributed by atoms with Crippen molar-refractivity contribution in [1.29, 1.82) is 0 Å². The van der Waals surface area contributed by atoms with E-state index in [-0.39, 0.29) is 23.3 Å². The molecule has 4 amide bonds. The van der Waals surface area contributed by atoms with E-state index in [1.807, 2.05) is 50.2 Å². The Labute approximate surface area is 302 Å². The van der Waals surface area contributed by atoms with Crippen molar-refractivity contribution in [3.05, 3.63) is 83.9 Å². The van der Waals surface area contributed by atoms with E-state index >= 15 is 0 Å². The molecule has 4 aromatic carbocycles. The second kappa shape index (κ2) is 16.2. The van der Waals surface area contributed by atoms with E-state index in [1.54, 1.807) is 36.4 Å². The maximum absolute atomic E-state index is 12.8. The van der Waals surface area contributed by atoms with Gasteiger partial charge >= 0.3 is 0 Å². The summed E-state index contributed by atoms with van der Waals surface area (Å²) in [4.78, 5) is 59.4. The Morgan fingerprint density at radius 3 is 1.46 bits per heavy atom. The first-order chi connectivity index (χ1) is 24.3. The number of ether oxygens (including phenoxy) is 2. The van der Waals surface area contributed by atoms with Crippen molar-refractivity contribution >= 4 is 101 Å². The molecule has 0 spiro atoms. The zero-order valence-electron chi connectivity index (χ0n) is 26.7. The monoisotopic (exact) mass is 746 g/mol. The van der Waals surface area contributed by atoms with Gasteiger partial charge in [-0.3, -0.25) is 40.9 Å². The molecule has 0 aliphatic rings. The largest absolute Gasteiger partial charge is 0.494 e. The number of amides is 4. The minimum absolute atomic E-state index is 0.0690. The van der Waals surface area contributed by atoms with Crippen molar-refractivity contribution in [3.8, 4) is 11.5 Å². The summed E-state index contributed by atoms with van der Waals surface area (Å²) in [7, 11) is 0. The Balaban J connectivity index is 0.951. The Kier molecular flexibility index (Phi) is 11.3. The number of benzene rings is 4. The predicted octanol–water partition coefficient (Wildman–Crippen LogP) is 5.96. The van der Waals surface area contributed by atoms with Gasteiger partial charge in [0, 0.05) is 11.1 Å². The lowest BCUT2D eigenvalue weighted by atomic mass is 10.0. The number of fused-ring (bicyclic) bond motifs is 3. The van der Waals surface area contributed by atoms with Crippen LogP contribution in [0.15, 0.2) is 81.5 Å². The number of hydrazine groups is 2. The lowest BCUT2D eigenvalue weighted by molar-refractivity contribution is -0.120. The summed E-state index contributed by atoms with van der Waals surface area (Å²) in [5.41, 5.74) is 12.1. The van der Waals surface area contributed by atoms with E-state index in [0.717, 1.165) is 40.6 Å². The molecule has 16 heteroatoms. The van der Waals surface area contributed by atoms with Crippen molar-refractivity contribution in [2.45, 2.75) is 22.5 Å². The van der Waals surface area contributed by atoms with Gasteiger partial charge in [-0.1, -0.05) is 35.7 Å². The number of aromatic nitrogens is 2. The molecule has 2 heterocycles. The van der Waals surface area contributed by atoms with Gasteiger partial charge in [0.1, 0.15) is 11.5 Å². The highest BCUT2D eigenvalue weighted by atomic mass is 32.2. The van der Waals surface area contributed by atoms with Crippen LogP contribution in [0.25, 0.3) is 31.2 Å². The average molecular weight is 747 g/mol. The van der Waals surface area contributed by atoms with E-state index in [0.29, 0.717) is 35.1 Å². The van der Waals surface area contributed by atoms with Crippen LogP contribution in [-0.4, -0.2) is 58.3 Å². The summed E-state index contributed by atoms with van der Waals surface area (Å²) in [5, 5.41) is 1.42. The van der Waals surface area contributed by atoms with Crippen molar-refractivity contribution in [2.24, 2.45) is 0 Å². The number of hydrogen-bond acceptors (Lipinski definition) is 12. The smallest absolute Gasteiger partial charge is 0.269 e. The first-order valence-corrected chi connectivity index (χ1v) is 18.9. The molecular formula is C34H30N6O6S4. The number of hydrogen-bond donors (Lipinski definition) is 4. The van der Waals surface area contributed by atoms with E-state index in [1.165, 1.54) is 46.2 Å². The van der Waals surface area contributed by atoms with Crippen LogP contribution >= 0.6 is 46.2 Å². The summed E-state index contributed by atoms with van der Waals surface area (Å²) in [6.45, 7) is 4.99. The standard InChI is InChI=1S/C34H30N6O6S4/c1-3-45-23-9-11-25-27(15-23)49-33(35-25)47-17-29(41)37-39-31(43)21-7-5-20-14-22(8-6-19(20)13-21)32(44)40-38-30(42)18-48-34-36-26-12-10-24(46-4-2)16-28(26)50-34/h5-16H,3-4,17-18H2,1-2H3,(H,37,41)(H,38,42)(H,39,43)(H,40,44). The van der Waals surface area contributed by atoms with Crippen LogP contribution in [0.5, 0.6) is 11.5 Å². The Hall–Kier alpha value is -4.90. The highest BCUT2D eigenvalue weighted by Crippen LogP contribution is 2.33. The van der Waals surface area contributed by atoms with Crippen LogP contribution in [-0.2, 0) is 9.59 Å². The van der Waals surface area contributed by atoms with E-state index < -0.39 is 11.8 Å². The van der Waals surface area contributed by atoms with Gasteiger partial charge in [-0.15, -0.1) is 22.7 Å². The highest BCUT2D eigenvalue weighted by Gasteiger charge is 2.14. The van der Waals surface area contributed by atoms with Gasteiger partial charge in [-0.25, -0.2) is 9.97 Å². The molecule has 0 radical (unpaired) electrons. The summed E-state index contributed by atoms with van der Waals surface area (Å²) < 4.78 is 14.5. The lowest BCUT2D eigenvalue weighted by Gasteiger charge is -2.09. The Bertz CT molecular complexity index is 2070. The second-order valence-corrected chi connectivity index (χ2v) is 14.9. The molecule has 256 valence electrons. The molecule has 0 bridgehead atoms. The normalized spacial score (nSPS) is 11.0. The maximum atomic E-state index is 12.8. The van der Waals surface area contributed by atoms with Crippen LogP contribution in [0.1, 0.15) is 34.6 Å². The van der Waals surface area contributed by atoms with Gasteiger partial charge in [0.2, 0.25) is 11.8 Å². The Morgan fingerprint density at radius 1 is 0.600 bits per heavy atom. The molecule has 6 aromatic rings. The molecule has 0 aliphatic heterocycles. The van der Waals surface area contributed by atoms with Gasteiger partial charge < -0.3 is 9.47 Å². The number of carbonyl (C=O) groups excluding carboxylic acids is 4. The third kappa shape index (κ3) is 8.81. The second-order valence-electron chi connectivity index (χ2n) is 10.4. The third-order valence-corrected chi connectivity index (χ3v) is 11.3. The van der Waals surface area contributed by atoms with E-state index in [4.69, 9.17) is 9.47 Å². The number of carbonyl (C=O) groups is 4. The Morgan fingerprint density at radius 2 is 1.04 bits per heavy atom. The van der Waals surface area contributed by atoms with Crippen molar-refractivity contribution < 1.29 is 28.7 Å². The quantitative estimate of drug-likeness (QED) is 0.0869. The SMILES string of the molecule is CCOc1ccc2nc(SCC(=O)NNC(=O)c3ccc4cc(C(=O)NNC(=O)CSc5nc6ccc(OCC)cc6s5)ccc4c3)sc2c1. The molecule has 12 nitrogen and oxygen atoms in total. The van der Waals surface area contributed by atoms with Crippen molar-refractivity contribution in [1.82, 2.24) is 31.7 Å². The summed E-state index contributed by atoms with van der Waals surface area (Å²) in [5.74, 6) is -0.0629. The number of thioether (sulfide) groups is 2. The molecule has 50 heavy (non-hydrogen) atoms. The van der Waals surface area contributed by atoms with Crippen molar-refractivity contribution in [3.63, 3.8) is 0 Å². The van der Waals surface area contributed by atoms with Crippen LogP contribution < -0.4 is 31.2 Å². The maximum Gasteiger partial charge on any atom is 0.269 e. The van der Waals surface area contributed by atoms with Crippen LogP contribution in [0.3, 0.4) is 0 Å². The van der Waals surface area contributed by atoms with Gasteiger partial charge in [-0.05, 0) is 85.3 Å². The van der Waals surface area contributed by atoms with Gasteiger partial charge in [0.05, 0.1) is 45.2 Å². The highest BCUT2D eigenvalue weighted by molar-refractivity contribution is 8.02. The first-order valence-electron chi connectivity index (χ1n) is 15.3. The van der Waals surface area contributed by atoms with Gasteiger partial charge in [0.15, 0.2) is 8.68 Å². The fraction of sp³-hybridized carbons (Fsp3) is 0.176. The number of rotatable bonds is 12. The molecular weight excluding hydrogens is 717 g/mol. The fourth-order valence-electron chi connectivity index (χ4n) is 4.66. The zero-order valence-corrected chi connectivity index (χ0v) is 30.0. The lowest BCUT2D eigenvalue weighted by Crippen LogP contribution is -2.42. The molecule has 0 atom stereocenters. The molecule has 6 rings (SSSR count). The molecule has 0 fully saturated rings. The topological polar surface area (TPSA) is 161 Å². The van der Waals surface area contributed by atoms with Crippen LogP contribution in [0, 0.1) is 0 Å². The van der Waals surface area contributed by atoms with E-state index in [2.05, 4.69) is 31.7 Å². The first kappa shape index (κ1) is 34.9. The summed E-state index contributed by atoms with van der Waals surface area (Å²) in [6, 6.07) is 21.2.